The lowest BCUT2D eigenvalue weighted by Crippen LogP contribution is -2.26. The van der Waals surface area contributed by atoms with Crippen molar-refractivity contribution in [2.24, 2.45) is 11.7 Å². The van der Waals surface area contributed by atoms with E-state index < -0.39 is 0 Å². The molecule has 0 bridgehead atoms. The van der Waals surface area contributed by atoms with E-state index in [4.69, 9.17) is 5.73 Å². The van der Waals surface area contributed by atoms with Crippen molar-refractivity contribution in [3.8, 4) is 0 Å². The van der Waals surface area contributed by atoms with E-state index in [1.54, 1.807) is 0 Å². The second-order valence-corrected chi connectivity index (χ2v) is 4.16. The molecule has 1 unspecified atom stereocenters. The number of hydrogen-bond acceptors (Lipinski definition) is 2. The highest BCUT2D eigenvalue weighted by Gasteiger charge is 2.22. The molecule has 0 amide bonds. The summed E-state index contributed by atoms with van der Waals surface area (Å²) in [5.41, 5.74) is 8.35. The minimum absolute atomic E-state index is 0.669. The van der Waals surface area contributed by atoms with E-state index in [1.165, 1.54) is 23.6 Å². The van der Waals surface area contributed by atoms with Crippen LogP contribution in [0.2, 0.25) is 0 Å². The number of nitrogens with zero attached hydrogens (tertiary/aromatic N) is 2. The van der Waals surface area contributed by atoms with Crippen LogP contribution in [0.4, 0.5) is 0 Å². The molecule has 2 N–H and O–H groups in total. The Labute approximate surface area is 85.3 Å². The van der Waals surface area contributed by atoms with Gasteiger partial charge in [-0.15, -0.1) is 0 Å². The average Bonchev–Trinajstić information content (AvgIpc) is 2.55. The van der Waals surface area contributed by atoms with Gasteiger partial charge < -0.3 is 10.3 Å². The summed E-state index contributed by atoms with van der Waals surface area (Å²) in [5.74, 6) is 1.91. The van der Waals surface area contributed by atoms with E-state index in [1.807, 2.05) is 0 Å². The molecule has 2 rings (SSSR count). The molecule has 0 spiro atoms. The predicted molar refractivity (Wildman–Crippen MR) is 57.2 cm³/mol. The summed E-state index contributed by atoms with van der Waals surface area (Å²) in [6, 6.07) is 0. The molecule has 0 saturated carbocycles. The number of aromatic nitrogens is 2. The van der Waals surface area contributed by atoms with E-state index in [9.17, 15) is 0 Å². The Morgan fingerprint density at radius 3 is 3.00 bits per heavy atom. The zero-order valence-electron chi connectivity index (χ0n) is 9.08. The van der Waals surface area contributed by atoms with Crippen molar-refractivity contribution in [3.05, 3.63) is 17.2 Å². The highest BCUT2D eigenvalue weighted by molar-refractivity contribution is 5.18. The molecule has 0 fully saturated rings. The first-order valence-corrected chi connectivity index (χ1v) is 5.51. The largest absolute Gasteiger partial charge is 0.332 e. The van der Waals surface area contributed by atoms with Crippen molar-refractivity contribution in [1.82, 2.24) is 9.55 Å². The summed E-state index contributed by atoms with van der Waals surface area (Å²) in [6.45, 7) is 6.21. The lowest BCUT2D eigenvalue weighted by Gasteiger charge is -2.24. The average molecular weight is 193 g/mol. The second kappa shape index (κ2) is 3.73. The lowest BCUT2D eigenvalue weighted by atomic mass is 9.95. The molecule has 0 aromatic carbocycles. The third kappa shape index (κ3) is 1.46. The molecule has 14 heavy (non-hydrogen) atoms. The third-order valence-electron chi connectivity index (χ3n) is 3.24. The molecular formula is C11H19N3. The Hall–Kier alpha value is -0.830. The molecule has 1 aromatic heterocycles. The predicted octanol–water partition coefficient (Wildman–Crippen LogP) is 1.28. The van der Waals surface area contributed by atoms with Gasteiger partial charge in [0.1, 0.15) is 5.82 Å². The maximum absolute atomic E-state index is 5.72. The summed E-state index contributed by atoms with van der Waals surface area (Å²) < 4.78 is 2.39. The van der Waals surface area contributed by atoms with Gasteiger partial charge in [-0.25, -0.2) is 4.98 Å². The smallest absolute Gasteiger partial charge is 0.108 e. The Morgan fingerprint density at radius 2 is 2.36 bits per heavy atom. The number of rotatable bonds is 2. The van der Waals surface area contributed by atoms with Gasteiger partial charge in [-0.2, -0.15) is 0 Å². The van der Waals surface area contributed by atoms with Crippen LogP contribution in [0.3, 0.4) is 0 Å². The Kier molecular flexibility index (Phi) is 2.59. The summed E-state index contributed by atoms with van der Waals surface area (Å²) in [6.07, 6.45) is 3.37. The van der Waals surface area contributed by atoms with Crippen molar-refractivity contribution in [2.45, 2.75) is 39.7 Å². The van der Waals surface area contributed by atoms with Gasteiger partial charge in [0, 0.05) is 18.7 Å². The second-order valence-electron chi connectivity index (χ2n) is 4.16. The van der Waals surface area contributed by atoms with E-state index >= 15 is 0 Å². The fourth-order valence-corrected chi connectivity index (χ4v) is 2.35. The van der Waals surface area contributed by atoms with Crippen LogP contribution in [-0.4, -0.2) is 16.1 Å². The van der Waals surface area contributed by atoms with Crippen LogP contribution in [0.15, 0.2) is 0 Å². The minimum atomic E-state index is 0.669. The van der Waals surface area contributed by atoms with E-state index in [0.717, 1.165) is 25.9 Å². The van der Waals surface area contributed by atoms with Crippen molar-refractivity contribution < 1.29 is 0 Å². The normalized spacial score (nSPS) is 20.9. The summed E-state index contributed by atoms with van der Waals surface area (Å²) >= 11 is 0. The monoisotopic (exact) mass is 193 g/mol. The summed E-state index contributed by atoms with van der Waals surface area (Å²) in [5, 5.41) is 0. The summed E-state index contributed by atoms with van der Waals surface area (Å²) in [7, 11) is 0. The van der Waals surface area contributed by atoms with Gasteiger partial charge in [-0.1, -0.05) is 6.92 Å². The van der Waals surface area contributed by atoms with Crippen molar-refractivity contribution in [3.63, 3.8) is 0 Å². The van der Waals surface area contributed by atoms with Crippen LogP contribution in [0.25, 0.3) is 0 Å². The topological polar surface area (TPSA) is 43.8 Å². The number of fused-ring (bicyclic) bond motifs is 1. The maximum atomic E-state index is 5.72. The fourth-order valence-electron chi connectivity index (χ4n) is 2.35. The highest BCUT2D eigenvalue weighted by atomic mass is 15.1. The van der Waals surface area contributed by atoms with Gasteiger partial charge in [-0.3, -0.25) is 0 Å². The molecular weight excluding hydrogens is 174 g/mol. The molecule has 3 heteroatoms. The molecule has 3 nitrogen and oxygen atoms in total. The van der Waals surface area contributed by atoms with Crippen LogP contribution in [0.5, 0.6) is 0 Å². The van der Waals surface area contributed by atoms with E-state index in [2.05, 4.69) is 23.4 Å². The zero-order valence-corrected chi connectivity index (χ0v) is 9.08. The number of imidazole rings is 1. The highest BCUT2D eigenvalue weighted by Crippen LogP contribution is 2.24. The van der Waals surface area contributed by atoms with Crippen molar-refractivity contribution >= 4 is 0 Å². The molecule has 1 aliphatic rings. The Balaban J connectivity index is 2.33. The third-order valence-corrected chi connectivity index (χ3v) is 3.24. The molecule has 2 heterocycles. The summed E-state index contributed by atoms with van der Waals surface area (Å²) in [4.78, 5) is 4.60. The number of nitrogens with two attached hydrogens (primary N) is 1. The van der Waals surface area contributed by atoms with Gasteiger partial charge in [0.25, 0.3) is 0 Å². The fraction of sp³-hybridized carbons (Fsp3) is 0.727. The molecule has 0 saturated heterocycles. The lowest BCUT2D eigenvalue weighted by molar-refractivity contribution is 0.389. The maximum Gasteiger partial charge on any atom is 0.108 e. The van der Waals surface area contributed by atoms with Crippen LogP contribution in [-0.2, 0) is 19.4 Å². The Morgan fingerprint density at radius 1 is 1.57 bits per heavy atom. The molecule has 78 valence electrons. The van der Waals surface area contributed by atoms with Crippen LogP contribution in [0.1, 0.15) is 30.6 Å². The molecule has 1 aromatic rings. The van der Waals surface area contributed by atoms with E-state index in [-0.39, 0.29) is 0 Å². The van der Waals surface area contributed by atoms with Gasteiger partial charge in [0.15, 0.2) is 0 Å². The molecule has 1 atom stereocenters. The number of hydrogen-bond donors (Lipinski definition) is 1. The zero-order chi connectivity index (χ0) is 10.1. The van der Waals surface area contributed by atoms with Gasteiger partial charge in [0.05, 0.1) is 5.69 Å². The van der Waals surface area contributed by atoms with Gasteiger partial charge >= 0.3 is 0 Å². The van der Waals surface area contributed by atoms with Crippen molar-refractivity contribution in [1.29, 1.82) is 0 Å². The first-order chi connectivity index (χ1) is 6.76. The van der Waals surface area contributed by atoms with Crippen molar-refractivity contribution in [2.75, 3.05) is 6.54 Å². The van der Waals surface area contributed by atoms with Gasteiger partial charge in [-0.05, 0) is 32.2 Å². The van der Waals surface area contributed by atoms with E-state index in [0.29, 0.717) is 5.92 Å². The quantitative estimate of drug-likeness (QED) is 0.769. The minimum Gasteiger partial charge on any atom is -0.332 e. The molecule has 0 radical (unpaired) electrons. The first kappa shape index (κ1) is 9.71. The van der Waals surface area contributed by atoms with Crippen LogP contribution >= 0.6 is 0 Å². The molecule has 0 aliphatic carbocycles. The Bertz CT molecular complexity index is 328. The number of aryl methyl sites for hydroxylation is 2. The molecule has 1 aliphatic heterocycles. The SMILES string of the molecule is CCc1nc(C)c2n1CCC(CN)C2. The standard InChI is InChI=1S/C11H19N3/c1-3-11-13-8(2)10-6-9(7-12)4-5-14(10)11/h9H,3-7,12H2,1-2H3. The van der Waals surface area contributed by atoms with Gasteiger partial charge in [0.2, 0.25) is 0 Å². The van der Waals surface area contributed by atoms with Crippen LogP contribution in [0, 0.1) is 12.8 Å². The van der Waals surface area contributed by atoms with Crippen LogP contribution < -0.4 is 5.73 Å². The first-order valence-electron chi connectivity index (χ1n) is 5.51.